The average molecular weight is 520 g/mol. The lowest BCUT2D eigenvalue weighted by atomic mass is 10.1. The molecule has 1 aromatic carbocycles. The molecule has 2 aliphatic heterocycles. The van der Waals surface area contributed by atoms with E-state index in [9.17, 15) is 19.1 Å². The van der Waals surface area contributed by atoms with E-state index in [0.717, 1.165) is 12.0 Å². The number of amides is 2. The molecule has 4 heterocycles. The maximum absolute atomic E-state index is 12.1. The van der Waals surface area contributed by atoms with E-state index in [2.05, 4.69) is 25.6 Å². The Morgan fingerprint density at radius 2 is 1.92 bits per heavy atom. The molecule has 0 spiro atoms. The number of anilines is 1. The minimum Gasteiger partial charge on any atom is -0.347 e. The van der Waals surface area contributed by atoms with Crippen molar-refractivity contribution < 1.29 is 37.9 Å². The summed E-state index contributed by atoms with van der Waals surface area (Å²) >= 11 is 0. The number of fused-ring (bicyclic) bond motifs is 2. The Bertz CT molecular complexity index is 1270. The van der Waals surface area contributed by atoms with Gasteiger partial charge in [-0.15, -0.1) is 0 Å². The van der Waals surface area contributed by atoms with Crippen LogP contribution >= 0.6 is 7.82 Å². The van der Waals surface area contributed by atoms with Gasteiger partial charge in [0.2, 0.25) is 0 Å². The number of carbonyl (C=O) groups is 1. The quantitative estimate of drug-likeness (QED) is 0.318. The van der Waals surface area contributed by atoms with Gasteiger partial charge in [-0.25, -0.2) is 24.3 Å². The summed E-state index contributed by atoms with van der Waals surface area (Å²) in [4.78, 5) is 43.3. The zero-order valence-corrected chi connectivity index (χ0v) is 20.0. The molecule has 15 heteroatoms. The zero-order chi connectivity index (χ0) is 25.3. The van der Waals surface area contributed by atoms with Crippen molar-refractivity contribution in [1.29, 1.82) is 0 Å². The normalized spacial score (nSPS) is 25.7. The van der Waals surface area contributed by atoms with Gasteiger partial charge in [-0.2, -0.15) is 0 Å². The van der Waals surface area contributed by atoms with Crippen LogP contribution in [0.5, 0.6) is 0 Å². The number of urea groups is 1. The van der Waals surface area contributed by atoms with E-state index >= 15 is 0 Å². The highest BCUT2D eigenvalue weighted by Crippen LogP contribution is 2.46. The summed E-state index contributed by atoms with van der Waals surface area (Å²) in [5.74, 6) is 0.217. The van der Waals surface area contributed by atoms with E-state index in [1.165, 1.54) is 12.7 Å². The van der Waals surface area contributed by atoms with Gasteiger partial charge in [0.25, 0.3) is 0 Å². The molecule has 2 saturated heterocycles. The molecule has 5 rings (SSSR count). The third-order valence-electron chi connectivity index (χ3n) is 5.73. The number of hydrogen-bond acceptors (Lipinski definition) is 9. The number of phosphoric acid groups is 1. The lowest BCUT2D eigenvalue weighted by Gasteiger charge is -2.21. The van der Waals surface area contributed by atoms with Crippen LogP contribution in [0.1, 0.15) is 31.4 Å². The first kappa shape index (κ1) is 24.7. The fourth-order valence-corrected chi connectivity index (χ4v) is 4.49. The van der Waals surface area contributed by atoms with Gasteiger partial charge < -0.3 is 29.3 Å². The minimum absolute atomic E-state index is 0.217. The summed E-state index contributed by atoms with van der Waals surface area (Å²) in [7, 11) is -4.74. The maximum Gasteiger partial charge on any atom is 0.469 e. The van der Waals surface area contributed by atoms with Gasteiger partial charge in [0, 0.05) is 12.1 Å². The topological polar surface area (TPSA) is 179 Å². The van der Waals surface area contributed by atoms with Crippen LogP contribution in [0.15, 0.2) is 43.0 Å². The highest BCUT2D eigenvalue weighted by molar-refractivity contribution is 7.46. The monoisotopic (exact) mass is 520 g/mol. The third-order valence-corrected chi connectivity index (χ3v) is 6.21. The first-order valence-electron chi connectivity index (χ1n) is 11.3. The van der Waals surface area contributed by atoms with E-state index in [-0.39, 0.29) is 5.82 Å². The van der Waals surface area contributed by atoms with E-state index in [4.69, 9.17) is 18.7 Å². The van der Waals surface area contributed by atoms with Crippen LogP contribution in [0.4, 0.5) is 10.6 Å². The van der Waals surface area contributed by atoms with E-state index in [1.54, 1.807) is 4.57 Å². The van der Waals surface area contributed by atoms with Crippen molar-refractivity contribution in [3.05, 3.63) is 48.5 Å². The minimum atomic E-state index is -4.74. The van der Waals surface area contributed by atoms with Crippen LogP contribution in [-0.2, 0) is 23.3 Å². The summed E-state index contributed by atoms with van der Waals surface area (Å²) in [5.41, 5.74) is 1.48. The van der Waals surface area contributed by atoms with Crippen LogP contribution < -0.4 is 10.6 Å². The van der Waals surface area contributed by atoms with Crippen LogP contribution in [-0.4, -0.2) is 66.8 Å². The van der Waals surface area contributed by atoms with Gasteiger partial charge in [-0.05, 0) is 6.42 Å². The highest BCUT2D eigenvalue weighted by atomic mass is 31.2. The summed E-state index contributed by atoms with van der Waals surface area (Å²) in [6.45, 7) is 2.03. The number of phosphoric ester groups is 1. The molecule has 0 aliphatic carbocycles. The van der Waals surface area contributed by atoms with Crippen molar-refractivity contribution in [2.45, 2.75) is 44.2 Å². The van der Waals surface area contributed by atoms with E-state index in [0.29, 0.717) is 17.7 Å². The molecule has 14 nitrogen and oxygen atoms in total. The molecule has 0 bridgehead atoms. The van der Waals surface area contributed by atoms with Crippen LogP contribution in [0.2, 0.25) is 0 Å². The molecule has 2 aliphatic rings. The first-order valence-corrected chi connectivity index (χ1v) is 12.8. The summed E-state index contributed by atoms with van der Waals surface area (Å²) in [5, 5.41) is 5.37. The number of benzene rings is 1. The molecule has 2 unspecified atom stereocenters. The third kappa shape index (κ3) is 5.11. The first-order chi connectivity index (χ1) is 17.3. The second-order valence-electron chi connectivity index (χ2n) is 8.22. The summed E-state index contributed by atoms with van der Waals surface area (Å²) < 4.78 is 36.0. The number of rotatable bonds is 8. The van der Waals surface area contributed by atoms with Crippen LogP contribution in [0, 0.1) is 0 Å². The van der Waals surface area contributed by atoms with Crippen LogP contribution in [0.3, 0.4) is 0 Å². The van der Waals surface area contributed by atoms with Crippen molar-refractivity contribution >= 4 is 30.8 Å². The second kappa shape index (κ2) is 10.2. The molecule has 4 N–H and O–H groups in total. The van der Waals surface area contributed by atoms with Gasteiger partial charge in [0.15, 0.2) is 29.5 Å². The van der Waals surface area contributed by atoms with Crippen molar-refractivity contribution in [1.82, 2.24) is 24.8 Å². The lowest BCUT2D eigenvalue weighted by Crippen LogP contribution is -2.31. The standard InChI is InChI=1S/C21H25N6O8P/c1-2-8-22-21(28)26-17-14-18(24-10-23-17)27(11-25-14)19-16-15(13(33-19)9-32-36(29,30)31)34-20(35-16)12-6-4-3-5-7-12/h3-7,10-11,13,15-16,19-20H,2,8-9H2,1H3,(H2,29,30,31)(H2,22,23,24,26,28)/t13-,15+,16?,19-,20?/m1/s1. The fourth-order valence-electron chi connectivity index (χ4n) is 4.15. The number of nitrogens with zero attached hydrogens (tertiary/aromatic N) is 4. The SMILES string of the molecule is CCCNC(=O)Nc1ncnc2c1ncn2[C@@H]1O[C@H](COP(=O)(O)O)[C@@H]2OC(c3ccccc3)OC21. The molecular weight excluding hydrogens is 495 g/mol. The van der Waals surface area contributed by atoms with E-state index < -0.39 is 51.3 Å². The Morgan fingerprint density at radius 3 is 2.67 bits per heavy atom. The molecule has 0 radical (unpaired) electrons. The number of aromatic nitrogens is 4. The molecule has 192 valence electrons. The summed E-state index contributed by atoms with van der Waals surface area (Å²) in [6, 6.07) is 8.85. The van der Waals surface area contributed by atoms with Gasteiger partial charge in [0.1, 0.15) is 24.6 Å². The van der Waals surface area contributed by atoms with Gasteiger partial charge in [-0.1, -0.05) is 37.3 Å². The summed E-state index contributed by atoms with van der Waals surface area (Å²) in [6.07, 6.45) is -0.192. The van der Waals surface area contributed by atoms with Crippen molar-refractivity contribution in [3.63, 3.8) is 0 Å². The number of carbonyl (C=O) groups excluding carboxylic acids is 1. The van der Waals surface area contributed by atoms with Gasteiger partial charge in [-0.3, -0.25) is 14.4 Å². The van der Waals surface area contributed by atoms with Crippen molar-refractivity contribution in [3.8, 4) is 0 Å². The number of hydrogen-bond donors (Lipinski definition) is 4. The molecule has 5 atom stereocenters. The average Bonchev–Trinajstić information content (AvgIpc) is 3.56. The smallest absolute Gasteiger partial charge is 0.347 e. The number of nitrogens with one attached hydrogen (secondary N) is 2. The fraction of sp³-hybridized carbons (Fsp3) is 0.429. The van der Waals surface area contributed by atoms with E-state index in [1.807, 2.05) is 37.3 Å². The predicted octanol–water partition coefficient (Wildman–Crippen LogP) is 1.85. The molecule has 0 saturated carbocycles. The Morgan fingerprint density at radius 1 is 1.14 bits per heavy atom. The Kier molecular flexibility index (Phi) is 6.99. The number of ether oxygens (including phenoxy) is 3. The molecule has 3 aromatic rings. The van der Waals surface area contributed by atoms with Gasteiger partial charge >= 0.3 is 13.9 Å². The molecule has 36 heavy (non-hydrogen) atoms. The van der Waals surface area contributed by atoms with Gasteiger partial charge in [0.05, 0.1) is 12.9 Å². The predicted molar refractivity (Wildman–Crippen MR) is 123 cm³/mol. The number of imidazole rings is 1. The Hall–Kier alpha value is -2.97. The van der Waals surface area contributed by atoms with Crippen LogP contribution in [0.25, 0.3) is 11.2 Å². The Balaban J connectivity index is 1.43. The molecule has 2 aromatic heterocycles. The van der Waals surface area contributed by atoms with Crippen molar-refractivity contribution in [2.24, 2.45) is 0 Å². The second-order valence-corrected chi connectivity index (χ2v) is 9.46. The van der Waals surface area contributed by atoms with Crippen molar-refractivity contribution in [2.75, 3.05) is 18.5 Å². The molecular formula is C21H25N6O8P. The zero-order valence-electron chi connectivity index (χ0n) is 19.1. The lowest BCUT2D eigenvalue weighted by molar-refractivity contribution is -0.152. The Labute approximate surface area is 205 Å². The molecule has 2 amide bonds. The largest absolute Gasteiger partial charge is 0.469 e. The molecule has 2 fully saturated rings. The maximum atomic E-state index is 12.1. The highest BCUT2D eigenvalue weighted by Gasteiger charge is 2.54.